The number of benzene rings is 1. The molecule has 0 heterocycles. The molecule has 1 nitrogen and oxygen atoms in total. The zero-order chi connectivity index (χ0) is 21.0. The largest absolute Gasteiger partial charge is 0.373 e. The summed E-state index contributed by atoms with van der Waals surface area (Å²) >= 11 is 0. The first kappa shape index (κ1) is 23.3. The van der Waals surface area contributed by atoms with Crippen LogP contribution in [0.15, 0.2) is 48.6 Å². The molecule has 0 unspecified atom stereocenters. The predicted octanol–water partition coefficient (Wildman–Crippen LogP) is 8.61. The lowest BCUT2D eigenvalue weighted by Crippen LogP contribution is -2.25. The van der Waals surface area contributed by atoms with Gasteiger partial charge in [0.2, 0.25) is 0 Å². The van der Waals surface area contributed by atoms with E-state index in [2.05, 4.69) is 62.4 Å². The van der Waals surface area contributed by atoms with Crippen molar-refractivity contribution in [3.8, 4) is 0 Å². The van der Waals surface area contributed by atoms with Gasteiger partial charge in [0, 0.05) is 0 Å². The normalized spacial score (nSPS) is 27.8. The zero-order valence-corrected chi connectivity index (χ0v) is 19.5. The van der Waals surface area contributed by atoms with Gasteiger partial charge < -0.3 is 4.74 Å². The highest BCUT2D eigenvalue weighted by atomic mass is 16.5. The van der Waals surface area contributed by atoms with Gasteiger partial charge in [0.1, 0.15) is 0 Å². The minimum absolute atomic E-state index is 0.719. The Labute approximate surface area is 186 Å². The van der Waals surface area contributed by atoms with E-state index in [1.165, 1.54) is 69.8 Å². The van der Waals surface area contributed by atoms with Gasteiger partial charge in [-0.1, -0.05) is 62.4 Å². The molecule has 3 rings (SSSR count). The number of rotatable bonds is 10. The molecule has 0 N–H and O–H groups in total. The summed E-state index contributed by atoms with van der Waals surface area (Å²) in [5.41, 5.74) is 2.84. The molecule has 1 aromatic carbocycles. The van der Waals surface area contributed by atoms with Crippen molar-refractivity contribution in [1.29, 1.82) is 0 Å². The van der Waals surface area contributed by atoms with Crippen molar-refractivity contribution in [3.63, 3.8) is 0 Å². The molecule has 0 amide bonds. The highest BCUT2D eigenvalue weighted by Crippen LogP contribution is 2.44. The Morgan fingerprint density at radius 1 is 0.733 bits per heavy atom. The Hall–Kier alpha value is -1.34. The number of hydrogen-bond acceptors (Lipinski definition) is 1. The predicted molar refractivity (Wildman–Crippen MR) is 130 cm³/mol. The number of allylic oxidation sites excluding steroid dienone is 3. The summed E-state index contributed by atoms with van der Waals surface area (Å²) in [7, 11) is 0. The first-order valence-corrected chi connectivity index (χ1v) is 12.8. The van der Waals surface area contributed by atoms with Crippen LogP contribution in [0.3, 0.4) is 0 Å². The fourth-order valence-corrected chi connectivity index (χ4v) is 5.64. The minimum atomic E-state index is 0.719. The maximum absolute atomic E-state index is 5.73. The summed E-state index contributed by atoms with van der Waals surface area (Å²) < 4.78 is 5.73. The quantitative estimate of drug-likeness (QED) is 0.278. The Bertz CT molecular complexity index is 625. The van der Waals surface area contributed by atoms with Gasteiger partial charge in [0.05, 0.1) is 13.2 Å². The topological polar surface area (TPSA) is 9.23 Å². The lowest BCUT2D eigenvalue weighted by Gasteiger charge is -2.38. The lowest BCUT2D eigenvalue weighted by atomic mass is 9.68. The van der Waals surface area contributed by atoms with Crippen LogP contribution in [0.4, 0.5) is 0 Å². The Balaban J connectivity index is 1.37. The van der Waals surface area contributed by atoms with E-state index in [9.17, 15) is 0 Å². The molecular weight excluding hydrogens is 364 g/mol. The second-order valence-corrected chi connectivity index (χ2v) is 9.64. The van der Waals surface area contributed by atoms with E-state index in [0.29, 0.717) is 0 Å². The van der Waals surface area contributed by atoms with Gasteiger partial charge in [-0.25, -0.2) is 0 Å². The van der Waals surface area contributed by atoms with E-state index in [0.717, 1.165) is 43.3 Å². The second-order valence-electron chi connectivity index (χ2n) is 9.64. The van der Waals surface area contributed by atoms with Crippen LogP contribution in [0.1, 0.15) is 102 Å². The van der Waals surface area contributed by atoms with Gasteiger partial charge in [-0.3, -0.25) is 0 Å². The summed E-state index contributed by atoms with van der Waals surface area (Å²) in [6, 6.07) is 9.28. The smallest absolute Gasteiger partial charge is 0.0721 e. The van der Waals surface area contributed by atoms with E-state index in [-0.39, 0.29) is 0 Å². The SMILES string of the molecule is CCC=CCOCc1ccc([C@H]2CC[C@H]([C@H]3CC[C@H](CC=CCC)CC3)CC2)cc1. The maximum Gasteiger partial charge on any atom is 0.0721 e. The van der Waals surface area contributed by atoms with E-state index in [4.69, 9.17) is 4.74 Å². The summed E-state index contributed by atoms with van der Waals surface area (Å²) in [4.78, 5) is 0. The molecule has 2 fully saturated rings. The van der Waals surface area contributed by atoms with Crippen LogP contribution in [0.5, 0.6) is 0 Å². The first-order chi connectivity index (χ1) is 14.8. The molecule has 1 heteroatoms. The molecule has 1 aromatic rings. The zero-order valence-electron chi connectivity index (χ0n) is 19.5. The molecule has 166 valence electrons. The third-order valence-electron chi connectivity index (χ3n) is 7.54. The highest BCUT2D eigenvalue weighted by Gasteiger charge is 2.30. The Morgan fingerprint density at radius 3 is 1.97 bits per heavy atom. The van der Waals surface area contributed by atoms with Crippen LogP contribution in [-0.2, 0) is 11.3 Å². The van der Waals surface area contributed by atoms with Crippen molar-refractivity contribution < 1.29 is 4.74 Å². The molecule has 2 saturated carbocycles. The van der Waals surface area contributed by atoms with E-state index in [1.54, 1.807) is 5.56 Å². The van der Waals surface area contributed by atoms with Crippen molar-refractivity contribution in [2.45, 2.75) is 97.0 Å². The minimum Gasteiger partial charge on any atom is -0.373 e. The van der Waals surface area contributed by atoms with Gasteiger partial charge in [-0.15, -0.1) is 0 Å². The number of ether oxygens (including phenoxy) is 1. The average molecular weight is 409 g/mol. The van der Waals surface area contributed by atoms with Crippen LogP contribution in [0.25, 0.3) is 0 Å². The van der Waals surface area contributed by atoms with Crippen molar-refractivity contribution in [3.05, 3.63) is 59.7 Å². The maximum atomic E-state index is 5.73. The standard InChI is InChI=1S/C29H44O/c1-3-5-7-9-24-10-14-26(15-11-24)28-18-20-29(21-19-28)27-16-12-25(13-17-27)23-30-22-8-6-4-2/h5-8,12-13,16-17,24,26,28-29H,3-4,9-11,14-15,18-23H2,1-2H3/t24-,26-,28-,29-. The van der Waals surface area contributed by atoms with Gasteiger partial charge in [0.15, 0.2) is 0 Å². The molecule has 0 radical (unpaired) electrons. The molecule has 2 aliphatic rings. The summed E-state index contributed by atoms with van der Waals surface area (Å²) in [6.45, 7) is 5.83. The van der Waals surface area contributed by atoms with Crippen molar-refractivity contribution >= 4 is 0 Å². The van der Waals surface area contributed by atoms with Gasteiger partial charge >= 0.3 is 0 Å². The molecule has 30 heavy (non-hydrogen) atoms. The summed E-state index contributed by atoms with van der Waals surface area (Å²) in [5, 5.41) is 0. The van der Waals surface area contributed by atoms with Crippen LogP contribution in [0.2, 0.25) is 0 Å². The highest BCUT2D eigenvalue weighted by molar-refractivity contribution is 5.25. The third kappa shape index (κ3) is 7.41. The molecule has 0 saturated heterocycles. The van der Waals surface area contributed by atoms with Crippen molar-refractivity contribution in [2.24, 2.45) is 17.8 Å². The van der Waals surface area contributed by atoms with Gasteiger partial charge in [0.25, 0.3) is 0 Å². The average Bonchev–Trinajstić information content (AvgIpc) is 2.80. The van der Waals surface area contributed by atoms with Crippen molar-refractivity contribution in [2.75, 3.05) is 6.61 Å². The van der Waals surface area contributed by atoms with Crippen LogP contribution in [0, 0.1) is 17.8 Å². The van der Waals surface area contributed by atoms with Crippen LogP contribution < -0.4 is 0 Å². The van der Waals surface area contributed by atoms with E-state index < -0.39 is 0 Å². The van der Waals surface area contributed by atoms with Gasteiger partial charge in [-0.05, 0) is 105 Å². The summed E-state index contributed by atoms with van der Waals surface area (Å²) in [5.74, 6) is 3.75. The second kappa shape index (κ2) is 13.2. The fourth-order valence-electron chi connectivity index (χ4n) is 5.64. The van der Waals surface area contributed by atoms with Crippen LogP contribution in [-0.4, -0.2) is 6.61 Å². The third-order valence-corrected chi connectivity index (χ3v) is 7.54. The Morgan fingerprint density at radius 2 is 1.33 bits per heavy atom. The van der Waals surface area contributed by atoms with Gasteiger partial charge in [-0.2, -0.15) is 0 Å². The molecule has 0 bridgehead atoms. The van der Waals surface area contributed by atoms with E-state index >= 15 is 0 Å². The van der Waals surface area contributed by atoms with Crippen LogP contribution >= 0.6 is 0 Å². The van der Waals surface area contributed by atoms with Crippen molar-refractivity contribution in [1.82, 2.24) is 0 Å². The summed E-state index contributed by atoms with van der Waals surface area (Å²) in [6.07, 6.45) is 24.2. The first-order valence-electron chi connectivity index (χ1n) is 12.8. The molecule has 2 aliphatic carbocycles. The molecular formula is C29H44O. The molecule has 0 atom stereocenters. The molecule has 0 aliphatic heterocycles. The molecule has 0 aromatic heterocycles. The lowest BCUT2D eigenvalue weighted by molar-refractivity contribution is 0.148. The fraction of sp³-hybridized carbons (Fsp3) is 0.655. The number of hydrogen-bond donors (Lipinski definition) is 0. The molecule has 0 spiro atoms. The Kier molecular flexibility index (Phi) is 10.2. The monoisotopic (exact) mass is 408 g/mol. The van der Waals surface area contributed by atoms with E-state index in [1.807, 2.05) is 0 Å².